The molecule has 1 amide bonds. The van der Waals surface area contributed by atoms with Crippen molar-refractivity contribution in [2.24, 2.45) is 11.7 Å². The van der Waals surface area contributed by atoms with Crippen LogP contribution in [0.15, 0.2) is 18.2 Å². The van der Waals surface area contributed by atoms with Crippen LogP contribution >= 0.6 is 12.4 Å². The lowest BCUT2D eigenvalue weighted by Crippen LogP contribution is -2.34. The van der Waals surface area contributed by atoms with E-state index in [0.717, 1.165) is 31.6 Å². The van der Waals surface area contributed by atoms with Crippen LogP contribution in [-0.2, 0) is 0 Å². The van der Waals surface area contributed by atoms with Gasteiger partial charge in [-0.15, -0.1) is 12.4 Å². The van der Waals surface area contributed by atoms with Crippen LogP contribution in [0.5, 0.6) is 11.5 Å². The van der Waals surface area contributed by atoms with Gasteiger partial charge in [0.15, 0.2) is 11.5 Å². The smallest absolute Gasteiger partial charge is 0.254 e. The van der Waals surface area contributed by atoms with Gasteiger partial charge in [-0.3, -0.25) is 4.79 Å². The van der Waals surface area contributed by atoms with Crippen molar-refractivity contribution in [1.82, 2.24) is 4.90 Å². The summed E-state index contributed by atoms with van der Waals surface area (Å²) in [4.78, 5) is 14.8. The summed E-state index contributed by atoms with van der Waals surface area (Å²) in [6.45, 7) is 3.45. The van der Waals surface area contributed by atoms with Crippen molar-refractivity contribution in [2.75, 3.05) is 20.2 Å². The maximum absolute atomic E-state index is 12.8. The van der Waals surface area contributed by atoms with Gasteiger partial charge in [0.25, 0.3) is 5.91 Å². The summed E-state index contributed by atoms with van der Waals surface area (Å²) in [6.07, 6.45) is 5.87. The molecule has 0 bridgehead atoms. The minimum Gasteiger partial charge on any atom is -0.493 e. The topological polar surface area (TPSA) is 64.8 Å². The van der Waals surface area contributed by atoms with E-state index in [4.69, 9.17) is 15.2 Å². The van der Waals surface area contributed by atoms with Crippen LogP contribution < -0.4 is 15.2 Å². The maximum Gasteiger partial charge on any atom is 0.254 e. The summed E-state index contributed by atoms with van der Waals surface area (Å²) in [5.41, 5.74) is 6.41. The Labute approximate surface area is 156 Å². The Kier molecular flexibility index (Phi) is 6.96. The van der Waals surface area contributed by atoms with Crippen LogP contribution in [0.25, 0.3) is 0 Å². The third-order valence-electron chi connectivity index (χ3n) is 5.26. The van der Waals surface area contributed by atoms with Crippen LogP contribution in [0, 0.1) is 5.92 Å². The number of rotatable bonds is 5. The molecule has 2 fully saturated rings. The molecular weight excluding hydrogens is 340 g/mol. The van der Waals surface area contributed by atoms with E-state index in [-0.39, 0.29) is 30.5 Å². The molecule has 1 aliphatic carbocycles. The predicted octanol–water partition coefficient (Wildman–Crippen LogP) is 3.25. The molecule has 1 aromatic rings. The van der Waals surface area contributed by atoms with Gasteiger partial charge in [0.05, 0.1) is 13.2 Å². The number of benzene rings is 1. The number of nitrogens with two attached hydrogens (primary N) is 1. The summed E-state index contributed by atoms with van der Waals surface area (Å²) in [5, 5.41) is 0. The molecule has 5 nitrogen and oxygen atoms in total. The first-order chi connectivity index (χ1) is 11.6. The fourth-order valence-corrected chi connectivity index (χ4v) is 3.85. The lowest BCUT2D eigenvalue weighted by molar-refractivity contribution is 0.0743. The Balaban J connectivity index is 0.00000225. The van der Waals surface area contributed by atoms with Crippen LogP contribution in [0.1, 0.15) is 49.4 Å². The van der Waals surface area contributed by atoms with E-state index >= 15 is 0 Å². The molecule has 2 unspecified atom stereocenters. The molecule has 0 spiro atoms. The van der Waals surface area contributed by atoms with Gasteiger partial charge in [0.2, 0.25) is 0 Å². The summed E-state index contributed by atoms with van der Waals surface area (Å²) < 4.78 is 11.5. The Morgan fingerprint density at radius 2 is 2.00 bits per heavy atom. The highest BCUT2D eigenvalue weighted by molar-refractivity contribution is 5.95. The third kappa shape index (κ3) is 4.39. The van der Waals surface area contributed by atoms with Crippen LogP contribution in [-0.4, -0.2) is 43.2 Å². The molecule has 1 heterocycles. The van der Waals surface area contributed by atoms with Gasteiger partial charge in [0, 0.05) is 18.2 Å². The number of hydrogen-bond donors (Lipinski definition) is 1. The molecule has 2 N–H and O–H groups in total. The number of halogens is 1. The number of methoxy groups -OCH3 is 1. The Bertz CT molecular complexity index is 590. The van der Waals surface area contributed by atoms with Gasteiger partial charge in [-0.2, -0.15) is 0 Å². The first-order valence-corrected chi connectivity index (χ1v) is 8.98. The van der Waals surface area contributed by atoms with Crippen molar-refractivity contribution in [1.29, 1.82) is 0 Å². The highest BCUT2D eigenvalue weighted by Gasteiger charge is 2.32. The quantitative estimate of drug-likeness (QED) is 0.866. The largest absolute Gasteiger partial charge is 0.493 e. The number of amides is 1. The van der Waals surface area contributed by atoms with Crippen molar-refractivity contribution in [3.63, 3.8) is 0 Å². The van der Waals surface area contributed by atoms with E-state index in [9.17, 15) is 4.79 Å². The monoisotopic (exact) mass is 368 g/mol. The molecule has 1 saturated heterocycles. The first-order valence-electron chi connectivity index (χ1n) is 8.98. The molecule has 3 rings (SSSR count). The molecule has 140 valence electrons. The average Bonchev–Trinajstić information content (AvgIpc) is 3.24. The van der Waals surface area contributed by atoms with Crippen LogP contribution in [0.3, 0.4) is 0 Å². The number of nitrogens with zero attached hydrogens (tertiary/aromatic N) is 1. The van der Waals surface area contributed by atoms with Gasteiger partial charge in [-0.25, -0.2) is 0 Å². The van der Waals surface area contributed by atoms with Crippen molar-refractivity contribution in [2.45, 2.75) is 51.2 Å². The molecule has 1 saturated carbocycles. The summed E-state index contributed by atoms with van der Waals surface area (Å²) >= 11 is 0. The van der Waals surface area contributed by atoms with Crippen molar-refractivity contribution in [3.05, 3.63) is 23.8 Å². The Morgan fingerprint density at radius 1 is 1.28 bits per heavy atom. The van der Waals surface area contributed by atoms with E-state index in [1.54, 1.807) is 13.2 Å². The van der Waals surface area contributed by atoms with E-state index < -0.39 is 0 Å². The van der Waals surface area contributed by atoms with Gasteiger partial charge in [0.1, 0.15) is 0 Å². The molecule has 1 aliphatic heterocycles. The van der Waals surface area contributed by atoms with Gasteiger partial charge >= 0.3 is 0 Å². The fourth-order valence-electron chi connectivity index (χ4n) is 3.85. The van der Waals surface area contributed by atoms with Crippen molar-refractivity contribution in [3.8, 4) is 11.5 Å². The third-order valence-corrected chi connectivity index (χ3v) is 5.26. The maximum atomic E-state index is 12.8. The van der Waals surface area contributed by atoms with E-state index in [1.807, 2.05) is 17.0 Å². The zero-order chi connectivity index (χ0) is 17.1. The SMILES string of the molecule is COc1cc(C(=O)N2CC(CN)CC2C)ccc1OC1CCCC1.Cl. The predicted molar refractivity (Wildman–Crippen MR) is 101 cm³/mol. The molecular formula is C19H29ClN2O3. The lowest BCUT2D eigenvalue weighted by Gasteiger charge is -2.22. The molecule has 25 heavy (non-hydrogen) atoms. The number of ether oxygens (including phenoxy) is 2. The van der Waals surface area contributed by atoms with Crippen molar-refractivity contribution < 1.29 is 14.3 Å². The van der Waals surface area contributed by atoms with Crippen LogP contribution in [0.4, 0.5) is 0 Å². The summed E-state index contributed by atoms with van der Waals surface area (Å²) in [5.74, 6) is 1.81. The van der Waals surface area contributed by atoms with E-state index in [1.165, 1.54) is 12.8 Å². The Morgan fingerprint density at radius 3 is 2.60 bits per heavy atom. The van der Waals surface area contributed by atoms with Crippen LogP contribution in [0.2, 0.25) is 0 Å². The average molecular weight is 369 g/mol. The van der Waals surface area contributed by atoms with Gasteiger partial charge in [-0.05, 0) is 69.7 Å². The highest BCUT2D eigenvalue weighted by atomic mass is 35.5. The first kappa shape index (κ1) is 19.9. The second-order valence-electron chi connectivity index (χ2n) is 7.03. The summed E-state index contributed by atoms with van der Waals surface area (Å²) in [6, 6.07) is 5.74. The van der Waals surface area contributed by atoms with E-state index in [0.29, 0.717) is 23.8 Å². The molecule has 1 aromatic carbocycles. The molecule has 6 heteroatoms. The normalized spacial score (nSPS) is 23.4. The number of hydrogen-bond acceptors (Lipinski definition) is 4. The molecule has 0 aromatic heterocycles. The molecule has 2 aliphatic rings. The second kappa shape index (κ2) is 8.77. The molecule has 2 atom stereocenters. The standard InChI is InChI=1S/C19H28N2O3.ClH/c1-13-9-14(11-20)12-21(13)19(22)15-7-8-17(18(10-15)23-2)24-16-5-3-4-6-16;/h7-8,10,13-14,16H,3-6,9,11-12,20H2,1-2H3;1H. The zero-order valence-electron chi connectivity index (χ0n) is 15.1. The highest BCUT2D eigenvalue weighted by Crippen LogP contribution is 2.33. The lowest BCUT2D eigenvalue weighted by atomic mass is 10.1. The fraction of sp³-hybridized carbons (Fsp3) is 0.632. The number of carbonyl (C=O) groups is 1. The molecule has 0 radical (unpaired) electrons. The Hall–Kier alpha value is -1.46. The van der Waals surface area contributed by atoms with Gasteiger partial charge in [-0.1, -0.05) is 0 Å². The van der Waals surface area contributed by atoms with Gasteiger partial charge < -0.3 is 20.1 Å². The minimum atomic E-state index is 0. The minimum absolute atomic E-state index is 0. The summed E-state index contributed by atoms with van der Waals surface area (Å²) in [7, 11) is 1.62. The zero-order valence-corrected chi connectivity index (χ0v) is 15.9. The second-order valence-corrected chi connectivity index (χ2v) is 7.03. The number of carbonyl (C=O) groups excluding carboxylic acids is 1. The van der Waals surface area contributed by atoms with E-state index in [2.05, 4.69) is 6.92 Å². The van der Waals surface area contributed by atoms with Crippen molar-refractivity contribution >= 4 is 18.3 Å². The number of likely N-dealkylation sites (tertiary alicyclic amines) is 1.